The van der Waals surface area contributed by atoms with Gasteiger partial charge < -0.3 is 16.2 Å². The van der Waals surface area contributed by atoms with E-state index >= 15 is 0 Å². The topological polar surface area (TPSA) is 92.4 Å². The second-order valence-corrected chi connectivity index (χ2v) is 4.30. The minimum Gasteiger partial charge on any atom is -0.478 e. The largest absolute Gasteiger partial charge is 0.478 e. The van der Waals surface area contributed by atoms with Gasteiger partial charge in [0.25, 0.3) is 0 Å². The van der Waals surface area contributed by atoms with Crippen LogP contribution in [0.5, 0.6) is 0 Å². The number of rotatable bonds is 5. The second kappa shape index (κ2) is 5.88. The first-order valence-electron chi connectivity index (χ1n) is 6.02. The summed E-state index contributed by atoms with van der Waals surface area (Å²) >= 11 is 0. The summed E-state index contributed by atoms with van der Waals surface area (Å²) in [6.07, 6.45) is 0. The van der Waals surface area contributed by atoms with E-state index in [-0.39, 0.29) is 5.56 Å². The van der Waals surface area contributed by atoms with Gasteiger partial charge in [0.1, 0.15) is 0 Å². The summed E-state index contributed by atoms with van der Waals surface area (Å²) in [5, 5.41) is 12.0. The predicted octanol–water partition coefficient (Wildman–Crippen LogP) is 2.10. The molecule has 2 aromatic carbocycles. The predicted molar refractivity (Wildman–Crippen MR) is 75.7 cm³/mol. The molecule has 20 heavy (non-hydrogen) atoms. The maximum atomic E-state index is 11.1. The van der Waals surface area contributed by atoms with Gasteiger partial charge in [0, 0.05) is 17.8 Å². The summed E-state index contributed by atoms with van der Waals surface area (Å²) in [5.74, 6) is -1.41. The number of anilines is 1. The van der Waals surface area contributed by atoms with Gasteiger partial charge in [-0.15, -0.1) is 0 Å². The lowest BCUT2D eigenvalue weighted by molar-refractivity contribution is 0.0696. The number of nitrogens with one attached hydrogen (secondary N) is 1. The molecule has 0 aliphatic carbocycles. The average Bonchev–Trinajstić information content (AvgIpc) is 2.46. The Morgan fingerprint density at radius 3 is 2.35 bits per heavy atom. The van der Waals surface area contributed by atoms with E-state index in [1.165, 1.54) is 12.1 Å². The van der Waals surface area contributed by atoms with Crippen molar-refractivity contribution in [1.82, 2.24) is 0 Å². The number of carboxylic acids is 1. The fourth-order valence-corrected chi connectivity index (χ4v) is 1.77. The molecule has 102 valence electrons. The normalized spacial score (nSPS) is 10.0. The Morgan fingerprint density at radius 2 is 1.75 bits per heavy atom. The van der Waals surface area contributed by atoms with Gasteiger partial charge in [-0.3, -0.25) is 4.79 Å². The number of hydrogen-bond acceptors (Lipinski definition) is 3. The smallest absolute Gasteiger partial charge is 0.335 e. The zero-order valence-corrected chi connectivity index (χ0v) is 10.7. The van der Waals surface area contributed by atoms with Gasteiger partial charge in [0.15, 0.2) is 0 Å². The van der Waals surface area contributed by atoms with Crippen molar-refractivity contribution in [3.05, 3.63) is 65.2 Å². The van der Waals surface area contributed by atoms with Gasteiger partial charge in [0.2, 0.25) is 5.91 Å². The molecule has 0 aliphatic rings. The molecule has 0 fully saturated rings. The Balaban J connectivity index is 2.03. The van der Waals surface area contributed by atoms with Crippen LogP contribution < -0.4 is 11.1 Å². The molecule has 0 atom stereocenters. The third-order valence-electron chi connectivity index (χ3n) is 2.84. The van der Waals surface area contributed by atoms with E-state index < -0.39 is 11.9 Å². The highest BCUT2D eigenvalue weighted by Crippen LogP contribution is 2.12. The number of primary amides is 1. The molecule has 0 bridgehead atoms. The Hall–Kier alpha value is -2.82. The van der Waals surface area contributed by atoms with Crippen molar-refractivity contribution < 1.29 is 14.7 Å². The van der Waals surface area contributed by atoms with Crippen molar-refractivity contribution in [3.8, 4) is 0 Å². The Bertz CT molecular complexity index is 636. The highest BCUT2D eigenvalue weighted by molar-refractivity contribution is 5.92. The zero-order valence-electron chi connectivity index (χ0n) is 10.7. The van der Waals surface area contributed by atoms with Gasteiger partial charge in [-0.25, -0.2) is 4.79 Å². The van der Waals surface area contributed by atoms with Crippen LogP contribution >= 0.6 is 0 Å². The van der Waals surface area contributed by atoms with Crippen LogP contribution in [0.2, 0.25) is 0 Å². The summed E-state index contributed by atoms with van der Waals surface area (Å²) in [7, 11) is 0. The van der Waals surface area contributed by atoms with E-state index in [9.17, 15) is 9.59 Å². The molecule has 2 aromatic rings. The van der Waals surface area contributed by atoms with Crippen LogP contribution in [-0.4, -0.2) is 17.0 Å². The molecule has 0 unspecified atom stereocenters. The molecule has 0 heterocycles. The number of hydrogen-bond donors (Lipinski definition) is 3. The summed E-state index contributed by atoms with van der Waals surface area (Å²) in [5.41, 5.74) is 7.65. The van der Waals surface area contributed by atoms with Gasteiger partial charge in [-0.05, 0) is 42.0 Å². The Labute approximate surface area is 116 Å². The molecule has 4 N–H and O–H groups in total. The highest BCUT2D eigenvalue weighted by Gasteiger charge is 2.03. The molecular formula is C15H14N2O3. The van der Waals surface area contributed by atoms with Crippen LogP contribution in [0.1, 0.15) is 26.3 Å². The van der Waals surface area contributed by atoms with E-state index in [4.69, 9.17) is 10.8 Å². The Morgan fingerprint density at radius 1 is 1.05 bits per heavy atom. The molecule has 2 rings (SSSR count). The van der Waals surface area contributed by atoms with Gasteiger partial charge >= 0.3 is 5.97 Å². The fraction of sp³-hybridized carbons (Fsp3) is 0.0667. The van der Waals surface area contributed by atoms with Crippen LogP contribution in [0.25, 0.3) is 0 Å². The molecule has 0 aliphatic heterocycles. The van der Waals surface area contributed by atoms with E-state index in [0.717, 1.165) is 11.3 Å². The van der Waals surface area contributed by atoms with Crippen LogP contribution in [0.4, 0.5) is 5.69 Å². The first-order valence-corrected chi connectivity index (χ1v) is 6.02. The second-order valence-electron chi connectivity index (χ2n) is 4.30. The monoisotopic (exact) mass is 270 g/mol. The highest BCUT2D eigenvalue weighted by atomic mass is 16.4. The van der Waals surface area contributed by atoms with Crippen LogP contribution in [0.3, 0.4) is 0 Å². The van der Waals surface area contributed by atoms with E-state index in [1.807, 2.05) is 6.07 Å². The summed E-state index contributed by atoms with van der Waals surface area (Å²) in [4.78, 5) is 21.8. The number of amides is 1. The molecule has 5 nitrogen and oxygen atoms in total. The van der Waals surface area contributed by atoms with Crippen LogP contribution in [0, 0.1) is 0 Å². The quantitative estimate of drug-likeness (QED) is 0.775. The van der Waals surface area contributed by atoms with Crippen molar-refractivity contribution >= 4 is 17.6 Å². The third kappa shape index (κ3) is 3.35. The molecule has 1 amide bonds. The first-order chi connectivity index (χ1) is 9.56. The fourth-order valence-electron chi connectivity index (χ4n) is 1.77. The average molecular weight is 270 g/mol. The maximum Gasteiger partial charge on any atom is 0.335 e. The maximum absolute atomic E-state index is 11.1. The third-order valence-corrected chi connectivity index (χ3v) is 2.84. The van der Waals surface area contributed by atoms with Crippen molar-refractivity contribution in [1.29, 1.82) is 0 Å². The van der Waals surface area contributed by atoms with Crippen molar-refractivity contribution in [2.75, 3.05) is 5.32 Å². The Kier molecular flexibility index (Phi) is 4.00. The number of carbonyl (C=O) groups is 2. The van der Waals surface area contributed by atoms with Crippen LogP contribution in [-0.2, 0) is 6.54 Å². The molecule has 0 saturated carbocycles. The van der Waals surface area contributed by atoms with E-state index in [1.54, 1.807) is 30.3 Å². The van der Waals surface area contributed by atoms with Crippen molar-refractivity contribution in [2.24, 2.45) is 5.73 Å². The molecule has 0 saturated heterocycles. The molecule has 0 spiro atoms. The SMILES string of the molecule is NC(=O)c1cccc(CNc2ccc(C(=O)O)cc2)c1. The number of nitrogens with two attached hydrogens (primary N) is 1. The van der Waals surface area contributed by atoms with Gasteiger partial charge in [0.05, 0.1) is 5.56 Å². The molecular weight excluding hydrogens is 256 g/mol. The van der Waals surface area contributed by atoms with Gasteiger partial charge in [-0.1, -0.05) is 12.1 Å². The zero-order chi connectivity index (χ0) is 14.5. The number of carboxylic acid groups (broad SMARTS) is 1. The lowest BCUT2D eigenvalue weighted by atomic mass is 10.1. The molecule has 0 aromatic heterocycles. The number of aromatic carboxylic acids is 1. The van der Waals surface area contributed by atoms with Crippen LogP contribution in [0.15, 0.2) is 48.5 Å². The van der Waals surface area contributed by atoms with E-state index in [0.29, 0.717) is 12.1 Å². The summed E-state index contributed by atoms with van der Waals surface area (Å²) < 4.78 is 0. The summed E-state index contributed by atoms with van der Waals surface area (Å²) in [6.45, 7) is 0.521. The number of benzene rings is 2. The van der Waals surface area contributed by atoms with Crippen molar-refractivity contribution in [2.45, 2.75) is 6.54 Å². The minimum atomic E-state index is -0.953. The molecule has 0 radical (unpaired) electrons. The molecule has 5 heteroatoms. The first kappa shape index (κ1) is 13.6. The lowest BCUT2D eigenvalue weighted by Crippen LogP contribution is -2.11. The lowest BCUT2D eigenvalue weighted by Gasteiger charge is -2.07. The van der Waals surface area contributed by atoms with Gasteiger partial charge in [-0.2, -0.15) is 0 Å². The summed E-state index contributed by atoms with van der Waals surface area (Å²) in [6, 6.07) is 13.5. The number of carbonyl (C=O) groups excluding carboxylic acids is 1. The van der Waals surface area contributed by atoms with E-state index in [2.05, 4.69) is 5.32 Å². The van der Waals surface area contributed by atoms with Crippen molar-refractivity contribution in [3.63, 3.8) is 0 Å². The minimum absolute atomic E-state index is 0.242. The standard InChI is InChI=1S/C15H14N2O3/c16-14(18)12-3-1-2-10(8-12)9-17-13-6-4-11(5-7-13)15(19)20/h1-8,17H,9H2,(H2,16,18)(H,19,20).